The van der Waals surface area contributed by atoms with E-state index in [2.05, 4.69) is 15.3 Å². The Kier molecular flexibility index (Phi) is 4.66. The van der Waals surface area contributed by atoms with Gasteiger partial charge in [-0.3, -0.25) is 4.68 Å². The highest BCUT2D eigenvalue weighted by Gasteiger charge is 2.23. The SMILES string of the molecule is Nc1nnc(-c2ccccc2O)cc1-c1cnn(C(C(=O)O)c2ccccc2)c1. The summed E-state index contributed by atoms with van der Waals surface area (Å²) in [6.07, 6.45) is 3.13. The van der Waals surface area contributed by atoms with Crippen LogP contribution in [0.4, 0.5) is 5.82 Å². The van der Waals surface area contributed by atoms with Gasteiger partial charge >= 0.3 is 5.97 Å². The summed E-state index contributed by atoms with van der Waals surface area (Å²) in [7, 11) is 0. The molecule has 1 unspecified atom stereocenters. The van der Waals surface area contributed by atoms with Crippen molar-refractivity contribution < 1.29 is 15.0 Å². The van der Waals surface area contributed by atoms with Gasteiger partial charge in [-0.05, 0) is 23.8 Å². The second-order valence-electron chi connectivity index (χ2n) is 6.41. The lowest BCUT2D eigenvalue weighted by Gasteiger charge is -2.13. The Morgan fingerprint density at radius 2 is 1.72 bits per heavy atom. The molecule has 0 fully saturated rings. The lowest BCUT2D eigenvalue weighted by Crippen LogP contribution is -2.20. The average molecular weight is 387 g/mol. The summed E-state index contributed by atoms with van der Waals surface area (Å²) >= 11 is 0. The number of nitrogen functional groups attached to an aromatic ring is 1. The molecule has 0 spiro atoms. The second-order valence-corrected chi connectivity index (χ2v) is 6.41. The monoisotopic (exact) mass is 387 g/mol. The molecule has 1 atom stereocenters. The summed E-state index contributed by atoms with van der Waals surface area (Å²) in [6.45, 7) is 0. The van der Waals surface area contributed by atoms with Crippen LogP contribution in [0.25, 0.3) is 22.4 Å². The van der Waals surface area contributed by atoms with E-state index in [0.29, 0.717) is 27.9 Å². The van der Waals surface area contributed by atoms with E-state index in [1.165, 1.54) is 10.9 Å². The van der Waals surface area contributed by atoms with Crippen LogP contribution < -0.4 is 5.73 Å². The number of para-hydroxylation sites is 1. The quantitative estimate of drug-likeness (QED) is 0.480. The first-order valence-electron chi connectivity index (χ1n) is 8.78. The normalized spacial score (nSPS) is 11.9. The van der Waals surface area contributed by atoms with Gasteiger partial charge in [0.05, 0.1) is 11.9 Å². The molecule has 0 aliphatic heterocycles. The number of phenols is 1. The van der Waals surface area contributed by atoms with Gasteiger partial charge in [-0.1, -0.05) is 42.5 Å². The van der Waals surface area contributed by atoms with Crippen molar-refractivity contribution >= 4 is 11.8 Å². The molecule has 2 aromatic carbocycles. The molecule has 2 heterocycles. The van der Waals surface area contributed by atoms with Crippen molar-refractivity contribution in [1.82, 2.24) is 20.0 Å². The molecule has 0 aliphatic carbocycles. The van der Waals surface area contributed by atoms with Gasteiger partial charge in [0.25, 0.3) is 0 Å². The van der Waals surface area contributed by atoms with Crippen LogP contribution in [0.2, 0.25) is 0 Å². The predicted octanol–water partition coefficient (Wildman–Crippen LogP) is 2.97. The van der Waals surface area contributed by atoms with Crippen LogP contribution in [0.15, 0.2) is 73.1 Å². The number of aromatic hydroxyl groups is 1. The largest absolute Gasteiger partial charge is 0.507 e. The van der Waals surface area contributed by atoms with Gasteiger partial charge in [-0.25, -0.2) is 4.79 Å². The van der Waals surface area contributed by atoms with Gasteiger partial charge in [0.15, 0.2) is 11.9 Å². The number of nitrogens with zero attached hydrogens (tertiary/aromatic N) is 4. The minimum atomic E-state index is -1.03. The van der Waals surface area contributed by atoms with Crippen LogP contribution in [0.5, 0.6) is 5.75 Å². The van der Waals surface area contributed by atoms with Crippen LogP contribution in [0, 0.1) is 0 Å². The second kappa shape index (κ2) is 7.43. The maximum atomic E-state index is 11.9. The van der Waals surface area contributed by atoms with Crippen LogP contribution in [0.1, 0.15) is 11.6 Å². The molecule has 0 aliphatic rings. The molecule has 8 heteroatoms. The van der Waals surface area contributed by atoms with E-state index in [4.69, 9.17) is 5.73 Å². The Balaban J connectivity index is 1.76. The molecule has 4 N–H and O–H groups in total. The van der Waals surface area contributed by atoms with Gasteiger partial charge in [0.2, 0.25) is 0 Å². The number of hydrogen-bond donors (Lipinski definition) is 3. The van der Waals surface area contributed by atoms with Crippen molar-refractivity contribution in [2.24, 2.45) is 0 Å². The van der Waals surface area contributed by atoms with Gasteiger partial charge in [0, 0.05) is 22.9 Å². The molecule has 4 rings (SSSR count). The molecule has 144 valence electrons. The zero-order chi connectivity index (χ0) is 20.4. The first kappa shape index (κ1) is 18.2. The van der Waals surface area contributed by atoms with E-state index in [-0.39, 0.29) is 11.6 Å². The number of carboxylic acid groups (broad SMARTS) is 1. The smallest absolute Gasteiger partial charge is 0.333 e. The number of hydrogen-bond acceptors (Lipinski definition) is 6. The fourth-order valence-corrected chi connectivity index (χ4v) is 3.12. The highest BCUT2D eigenvalue weighted by molar-refractivity contribution is 5.79. The van der Waals surface area contributed by atoms with Crippen molar-refractivity contribution in [1.29, 1.82) is 0 Å². The number of phenolic OH excluding ortho intramolecular Hbond substituents is 1. The van der Waals surface area contributed by atoms with E-state index in [9.17, 15) is 15.0 Å². The Morgan fingerprint density at radius 3 is 2.45 bits per heavy atom. The van der Waals surface area contributed by atoms with Crippen LogP contribution in [0.3, 0.4) is 0 Å². The third kappa shape index (κ3) is 3.51. The standard InChI is InChI=1S/C21H17N5O3/c22-20-16(10-17(24-25-20)15-8-4-5-9-18(15)27)14-11-23-26(12-14)19(21(28)29)13-6-2-1-3-7-13/h1-12,19,27H,(H2,22,25)(H,28,29). The zero-order valence-electron chi connectivity index (χ0n) is 15.2. The topological polar surface area (TPSA) is 127 Å². The fourth-order valence-electron chi connectivity index (χ4n) is 3.12. The van der Waals surface area contributed by atoms with Gasteiger partial charge in [0.1, 0.15) is 5.75 Å². The number of aromatic nitrogens is 4. The molecule has 0 saturated carbocycles. The van der Waals surface area contributed by atoms with E-state index >= 15 is 0 Å². The molecular weight excluding hydrogens is 370 g/mol. The van der Waals surface area contributed by atoms with Crippen molar-refractivity contribution in [2.75, 3.05) is 5.73 Å². The minimum Gasteiger partial charge on any atom is -0.507 e. The van der Waals surface area contributed by atoms with Crippen molar-refractivity contribution in [2.45, 2.75) is 6.04 Å². The van der Waals surface area contributed by atoms with Gasteiger partial charge in [-0.2, -0.15) is 5.10 Å². The first-order valence-corrected chi connectivity index (χ1v) is 8.78. The van der Waals surface area contributed by atoms with E-state index in [1.807, 2.05) is 6.07 Å². The van der Waals surface area contributed by atoms with Crippen molar-refractivity contribution in [3.63, 3.8) is 0 Å². The third-order valence-corrected chi connectivity index (χ3v) is 4.53. The number of carbonyl (C=O) groups is 1. The number of anilines is 1. The molecule has 0 saturated heterocycles. The maximum Gasteiger partial charge on any atom is 0.333 e. The van der Waals surface area contributed by atoms with Gasteiger partial charge in [-0.15, -0.1) is 10.2 Å². The van der Waals surface area contributed by atoms with E-state index in [1.54, 1.807) is 60.8 Å². The summed E-state index contributed by atoms with van der Waals surface area (Å²) in [5.74, 6) is -0.778. The Labute approximate surface area is 165 Å². The number of benzene rings is 2. The van der Waals surface area contributed by atoms with Gasteiger partial charge < -0.3 is 15.9 Å². The summed E-state index contributed by atoms with van der Waals surface area (Å²) in [6, 6.07) is 16.3. The predicted molar refractivity (Wildman–Crippen MR) is 107 cm³/mol. The molecular formula is C21H17N5O3. The summed E-state index contributed by atoms with van der Waals surface area (Å²) in [5, 5.41) is 32.1. The van der Waals surface area contributed by atoms with Crippen LogP contribution in [-0.2, 0) is 4.79 Å². The summed E-state index contributed by atoms with van der Waals surface area (Å²) < 4.78 is 1.37. The zero-order valence-corrected chi connectivity index (χ0v) is 15.2. The molecule has 0 bridgehead atoms. The Morgan fingerprint density at radius 1 is 1.00 bits per heavy atom. The molecule has 4 aromatic rings. The minimum absolute atomic E-state index is 0.0724. The van der Waals surface area contributed by atoms with Crippen molar-refractivity contribution in [3.05, 3.63) is 78.6 Å². The average Bonchev–Trinajstić information content (AvgIpc) is 3.19. The molecule has 8 nitrogen and oxygen atoms in total. The highest BCUT2D eigenvalue weighted by Crippen LogP contribution is 2.32. The van der Waals surface area contributed by atoms with Crippen LogP contribution >= 0.6 is 0 Å². The summed E-state index contributed by atoms with van der Waals surface area (Å²) in [4.78, 5) is 11.9. The lowest BCUT2D eigenvalue weighted by molar-refractivity contribution is -0.139. The number of carboxylic acids is 1. The number of nitrogens with two attached hydrogens (primary N) is 1. The summed E-state index contributed by atoms with van der Waals surface area (Å²) in [5.41, 5.74) is 8.70. The van der Waals surface area contributed by atoms with Crippen molar-refractivity contribution in [3.8, 4) is 28.1 Å². The Hall–Kier alpha value is -4.20. The van der Waals surface area contributed by atoms with E-state index in [0.717, 1.165) is 0 Å². The van der Waals surface area contributed by atoms with E-state index < -0.39 is 12.0 Å². The third-order valence-electron chi connectivity index (χ3n) is 4.53. The first-order chi connectivity index (χ1) is 14.0. The molecule has 0 amide bonds. The molecule has 29 heavy (non-hydrogen) atoms. The fraction of sp³-hybridized carbons (Fsp3) is 0.0476. The molecule has 0 radical (unpaired) electrons. The number of rotatable bonds is 5. The van der Waals surface area contributed by atoms with Crippen LogP contribution in [-0.4, -0.2) is 36.2 Å². The molecule has 2 aromatic heterocycles. The maximum absolute atomic E-state index is 11.9. The lowest BCUT2D eigenvalue weighted by atomic mass is 10.1. The highest BCUT2D eigenvalue weighted by atomic mass is 16.4. The Bertz CT molecular complexity index is 1170. The number of aliphatic carboxylic acids is 1.